The van der Waals surface area contributed by atoms with Crippen molar-refractivity contribution in [3.05, 3.63) is 74.2 Å². The average Bonchev–Trinajstić information content (AvgIpc) is 2.92. The van der Waals surface area contributed by atoms with Gasteiger partial charge in [-0.25, -0.2) is 0 Å². The van der Waals surface area contributed by atoms with Crippen LogP contribution < -0.4 is 10.7 Å². The van der Waals surface area contributed by atoms with Gasteiger partial charge in [-0.2, -0.15) is 0 Å². The zero-order valence-electron chi connectivity index (χ0n) is 13.6. The summed E-state index contributed by atoms with van der Waals surface area (Å²) < 4.78 is 2.90. The van der Waals surface area contributed by atoms with Crippen molar-refractivity contribution in [2.75, 3.05) is 0 Å². The Bertz CT molecular complexity index is 1040. The molecular weight excluding hydrogens is 382 g/mol. The number of hydrogen-bond acceptors (Lipinski definition) is 3. The number of pyridine rings is 2. The number of halogens is 1. The van der Waals surface area contributed by atoms with Crippen molar-refractivity contribution in [1.29, 1.82) is 0 Å². The molecule has 1 unspecified atom stereocenters. The SMILES string of the molecule is CC1Cc2cc(Br)cc3c(=O)c(C(=O)NCc4cccnc4)cn1c23. The second-order valence-corrected chi connectivity index (χ2v) is 7.25. The molecular formula is C19H16BrN3O2. The Balaban J connectivity index is 1.75. The fourth-order valence-electron chi connectivity index (χ4n) is 3.40. The maximum Gasteiger partial charge on any atom is 0.257 e. The van der Waals surface area contributed by atoms with E-state index < -0.39 is 0 Å². The molecule has 1 aromatic carbocycles. The van der Waals surface area contributed by atoms with Crippen molar-refractivity contribution in [2.45, 2.75) is 25.9 Å². The van der Waals surface area contributed by atoms with Crippen molar-refractivity contribution in [3.8, 4) is 0 Å². The van der Waals surface area contributed by atoms with E-state index in [4.69, 9.17) is 0 Å². The van der Waals surface area contributed by atoms with Gasteiger partial charge in [0, 0.05) is 41.0 Å². The number of nitrogens with zero attached hydrogens (tertiary/aromatic N) is 2. The van der Waals surface area contributed by atoms with Gasteiger partial charge >= 0.3 is 0 Å². The van der Waals surface area contributed by atoms with E-state index in [0.717, 1.165) is 27.5 Å². The second kappa shape index (κ2) is 6.11. The molecule has 0 spiro atoms. The van der Waals surface area contributed by atoms with Gasteiger partial charge in [0.05, 0.1) is 5.52 Å². The van der Waals surface area contributed by atoms with Gasteiger partial charge in [-0.15, -0.1) is 0 Å². The normalized spacial score (nSPS) is 15.5. The number of carbonyl (C=O) groups excluding carboxylic acids is 1. The summed E-state index contributed by atoms with van der Waals surface area (Å²) in [5.41, 5.74) is 2.90. The molecule has 1 N–H and O–H groups in total. The third-order valence-electron chi connectivity index (χ3n) is 4.58. The van der Waals surface area contributed by atoms with E-state index in [0.29, 0.717) is 11.9 Å². The Morgan fingerprint density at radius 1 is 1.44 bits per heavy atom. The maximum absolute atomic E-state index is 12.9. The smallest absolute Gasteiger partial charge is 0.257 e. The van der Waals surface area contributed by atoms with Crippen molar-refractivity contribution < 1.29 is 4.79 Å². The van der Waals surface area contributed by atoms with E-state index in [9.17, 15) is 9.59 Å². The van der Waals surface area contributed by atoms with Crippen LogP contribution in [0.1, 0.15) is 34.5 Å². The van der Waals surface area contributed by atoms with E-state index in [1.807, 2.05) is 22.8 Å². The van der Waals surface area contributed by atoms with Crippen molar-refractivity contribution >= 4 is 32.7 Å². The molecule has 1 atom stereocenters. The molecule has 0 bridgehead atoms. The van der Waals surface area contributed by atoms with Gasteiger partial charge in [0.15, 0.2) is 0 Å². The van der Waals surface area contributed by atoms with Crippen LogP contribution in [0.5, 0.6) is 0 Å². The molecule has 1 amide bonds. The first-order valence-electron chi connectivity index (χ1n) is 8.09. The quantitative estimate of drug-likeness (QED) is 0.737. The molecule has 2 aromatic heterocycles. The van der Waals surface area contributed by atoms with Crippen molar-refractivity contribution in [3.63, 3.8) is 0 Å². The summed E-state index contributed by atoms with van der Waals surface area (Å²) in [4.78, 5) is 29.5. The lowest BCUT2D eigenvalue weighted by atomic mass is 10.1. The molecule has 0 saturated carbocycles. The lowest BCUT2D eigenvalue weighted by Gasteiger charge is -2.13. The van der Waals surface area contributed by atoms with Crippen LogP contribution in [0.2, 0.25) is 0 Å². The minimum absolute atomic E-state index is 0.175. The van der Waals surface area contributed by atoms with Gasteiger partial charge in [0.1, 0.15) is 5.56 Å². The summed E-state index contributed by atoms with van der Waals surface area (Å²) >= 11 is 3.47. The first-order valence-corrected chi connectivity index (χ1v) is 8.88. The molecule has 126 valence electrons. The minimum Gasteiger partial charge on any atom is -0.348 e. The van der Waals surface area contributed by atoms with Gasteiger partial charge in [-0.3, -0.25) is 14.6 Å². The van der Waals surface area contributed by atoms with Crippen LogP contribution in [0.3, 0.4) is 0 Å². The number of nitrogens with one attached hydrogen (secondary N) is 1. The van der Waals surface area contributed by atoms with E-state index in [1.54, 1.807) is 24.7 Å². The molecule has 0 fully saturated rings. The Kier molecular flexibility index (Phi) is 3.92. The summed E-state index contributed by atoms with van der Waals surface area (Å²) in [5, 5.41) is 3.40. The highest BCUT2D eigenvalue weighted by Gasteiger charge is 2.25. The number of rotatable bonds is 3. The summed E-state index contributed by atoms with van der Waals surface area (Å²) in [6.45, 7) is 2.43. The van der Waals surface area contributed by atoms with Gasteiger partial charge in [0.2, 0.25) is 5.43 Å². The lowest BCUT2D eigenvalue weighted by Crippen LogP contribution is -2.29. The summed E-state index contributed by atoms with van der Waals surface area (Å²) in [6, 6.07) is 7.76. The predicted molar refractivity (Wildman–Crippen MR) is 99.7 cm³/mol. The van der Waals surface area contributed by atoms with Crippen LogP contribution in [0.4, 0.5) is 0 Å². The molecule has 1 aliphatic rings. The third-order valence-corrected chi connectivity index (χ3v) is 5.04. The van der Waals surface area contributed by atoms with Crippen LogP contribution in [-0.2, 0) is 13.0 Å². The van der Waals surface area contributed by atoms with E-state index >= 15 is 0 Å². The van der Waals surface area contributed by atoms with Gasteiger partial charge < -0.3 is 9.88 Å². The summed E-state index contributed by atoms with van der Waals surface area (Å²) in [5.74, 6) is -0.361. The van der Waals surface area contributed by atoms with Crippen LogP contribution in [0, 0.1) is 0 Å². The van der Waals surface area contributed by atoms with E-state index in [2.05, 4.69) is 33.2 Å². The third kappa shape index (κ3) is 2.76. The fourth-order valence-corrected chi connectivity index (χ4v) is 3.91. The Hall–Kier alpha value is -2.47. The van der Waals surface area contributed by atoms with E-state index in [-0.39, 0.29) is 22.9 Å². The minimum atomic E-state index is -0.361. The molecule has 4 rings (SSSR count). The molecule has 0 radical (unpaired) electrons. The zero-order valence-corrected chi connectivity index (χ0v) is 15.2. The standard InChI is InChI=1S/C19H16BrN3O2/c1-11-5-13-6-14(20)7-15-17(13)23(11)10-16(18(15)24)19(25)22-9-12-3-2-4-21-8-12/h2-4,6-8,10-11H,5,9H2,1H3,(H,22,25). The molecule has 3 heterocycles. The molecule has 5 nitrogen and oxygen atoms in total. The summed E-state index contributed by atoms with van der Waals surface area (Å²) in [7, 11) is 0. The van der Waals surface area contributed by atoms with Crippen LogP contribution >= 0.6 is 15.9 Å². The molecule has 0 saturated heterocycles. The first kappa shape index (κ1) is 16.0. The van der Waals surface area contributed by atoms with Crippen LogP contribution in [0.25, 0.3) is 10.9 Å². The Labute approximate surface area is 152 Å². The van der Waals surface area contributed by atoms with E-state index in [1.165, 1.54) is 0 Å². The molecule has 0 aliphatic carbocycles. The monoisotopic (exact) mass is 397 g/mol. The molecule has 3 aromatic rings. The fraction of sp³-hybridized carbons (Fsp3) is 0.211. The average molecular weight is 398 g/mol. The highest BCUT2D eigenvalue weighted by molar-refractivity contribution is 9.10. The zero-order chi connectivity index (χ0) is 17.6. The molecule has 6 heteroatoms. The van der Waals surface area contributed by atoms with Crippen LogP contribution in [-0.4, -0.2) is 15.5 Å². The second-order valence-electron chi connectivity index (χ2n) is 6.34. The number of aromatic nitrogens is 2. The predicted octanol–water partition coefficient (Wildman–Crippen LogP) is 3.21. The Morgan fingerprint density at radius 2 is 2.28 bits per heavy atom. The topological polar surface area (TPSA) is 64.0 Å². The lowest BCUT2D eigenvalue weighted by molar-refractivity contribution is 0.0949. The van der Waals surface area contributed by atoms with Gasteiger partial charge in [-0.1, -0.05) is 22.0 Å². The number of hydrogen-bond donors (Lipinski definition) is 1. The largest absolute Gasteiger partial charge is 0.348 e. The highest BCUT2D eigenvalue weighted by Crippen LogP contribution is 2.33. The van der Waals surface area contributed by atoms with Crippen molar-refractivity contribution in [1.82, 2.24) is 14.9 Å². The molecule has 1 aliphatic heterocycles. The number of carbonyl (C=O) groups is 1. The van der Waals surface area contributed by atoms with Gasteiger partial charge in [-0.05, 0) is 42.7 Å². The number of benzene rings is 1. The maximum atomic E-state index is 12.9. The highest BCUT2D eigenvalue weighted by atomic mass is 79.9. The molecule has 25 heavy (non-hydrogen) atoms. The van der Waals surface area contributed by atoms with Crippen LogP contribution in [0.15, 0.2) is 52.1 Å². The Morgan fingerprint density at radius 3 is 3.04 bits per heavy atom. The van der Waals surface area contributed by atoms with Gasteiger partial charge in [0.25, 0.3) is 5.91 Å². The first-order chi connectivity index (χ1) is 12.0. The van der Waals surface area contributed by atoms with Crippen molar-refractivity contribution in [2.24, 2.45) is 0 Å². The number of amides is 1. The summed E-state index contributed by atoms with van der Waals surface area (Å²) in [6.07, 6.45) is 5.92.